The summed E-state index contributed by atoms with van der Waals surface area (Å²) in [5.74, 6) is 0.243. The highest BCUT2D eigenvalue weighted by Gasteiger charge is 2.56. The number of benzene rings is 1. The van der Waals surface area contributed by atoms with Crippen LogP contribution in [0.2, 0.25) is 0 Å². The van der Waals surface area contributed by atoms with Crippen LogP contribution in [-0.4, -0.2) is 49.8 Å². The molecule has 1 saturated heterocycles. The average Bonchev–Trinajstić information content (AvgIpc) is 3.50. The number of halogens is 3. The van der Waals surface area contributed by atoms with Crippen molar-refractivity contribution in [2.24, 2.45) is 11.8 Å². The van der Waals surface area contributed by atoms with Crippen LogP contribution < -0.4 is 0 Å². The molecule has 2 aliphatic carbocycles. The minimum Gasteiger partial charge on any atom is -0.389 e. The predicted molar refractivity (Wildman–Crippen MR) is 105 cm³/mol. The number of rotatable bonds is 3. The monoisotopic (exact) mass is 421 g/mol. The third-order valence-electron chi connectivity index (χ3n) is 7.30. The minimum atomic E-state index is -4.36. The molecule has 1 aromatic carbocycles. The fourth-order valence-corrected chi connectivity index (χ4v) is 5.80. The molecule has 8 heteroatoms. The third-order valence-corrected chi connectivity index (χ3v) is 7.30. The Morgan fingerprint density at radius 2 is 1.97 bits per heavy atom. The van der Waals surface area contributed by atoms with Gasteiger partial charge in [0, 0.05) is 18.5 Å². The van der Waals surface area contributed by atoms with Crippen molar-refractivity contribution >= 4 is 16.9 Å². The number of aliphatic hydroxyl groups is 1. The maximum absolute atomic E-state index is 13.5. The van der Waals surface area contributed by atoms with Gasteiger partial charge in [-0.15, -0.1) is 0 Å². The summed E-state index contributed by atoms with van der Waals surface area (Å²) in [6.07, 6.45) is 3.36. The molecule has 162 valence electrons. The van der Waals surface area contributed by atoms with Gasteiger partial charge < -0.3 is 14.6 Å². The number of nitrogens with zero attached hydrogens (tertiary/aromatic N) is 3. The molecule has 1 amide bonds. The highest BCUT2D eigenvalue weighted by molar-refractivity contribution is 6.05. The Balaban J connectivity index is 1.46. The first-order valence-electron chi connectivity index (χ1n) is 10.8. The number of carbonyl (C=O) groups is 1. The first-order chi connectivity index (χ1) is 14.3. The molecule has 1 aromatic heterocycles. The Hall–Kier alpha value is -2.09. The molecular formula is C22H26F3N3O2. The number of hydrogen-bond acceptors (Lipinski definition) is 3. The van der Waals surface area contributed by atoms with Crippen LogP contribution in [0.25, 0.3) is 11.0 Å². The quantitative estimate of drug-likeness (QED) is 0.810. The lowest BCUT2D eigenvalue weighted by Gasteiger charge is -2.52. The Morgan fingerprint density at radius 3 is 2.70 bits per heavy atom. The molecule has 1 unspecified atom stereocenters. The van der Waals surface area contributed by atoms with Crippen molar-refractivity contribution < 1.29 is 23.1 Å². The second-order valence-electron chi connectivity index (χ2n) is 9.13. The minimum absolute atomic E-state index is 0.0156. The smallest absolute Gasteiger partial charge is 0.389 e. The lowest BCUT2D eigenvalue weighted by Crippen LogP contribution is -2.61. The topological polar surface area (TPSA) is 58.4 Å². The molecule has 2 aromatic rings. The van der Waals surface area contributed by atoms with E-state index in [0.717, 1.165) is 49.4 Å². The normalized spacial score (nSPS) is 29.8. The van der Waals surface area contributed by atoms with Gasteiger partial charge in [-0.2, -0.15) is 13.2 Å². The van der Waals surface area contributed by atoms with Gasteiger partial charge in [0.15, 0.2) is 0 Å². The summed E-state index contributed by atoms with van der Waals surface area (Å²) >= 11 is 0. The fourth-order valence-electron chi connectivity index (χ4n) is 5.80. The summed E-state index contributed by atoms with van der Waals surface area (Å²) in [5, 5.41) is 11.4. The fraction of sp³-hybridized carbons (Fsp3) is 0.636. The molecule has 2 heterocycles. The summed E-state index contributed by atoms with van der Waals surface area (Å²) in [6.45, 7) is -0.656. The van der Waals surface area contributed by atoms with Gasteiger partial charge in [0.25, 0.3) is 5.91 Å². The van der Waals surface area contributed by atoms with Gasteiger partial charge in [0.2, 0.25) is 0 Å². The average molecular weight is 421 g/mol. The number of likely N-dealkylation sites (tertiary alicyclic amines) is 1. The number of aromatic nitrogens is 2. The van der Waals surface area contributed by atoms with Gasteiger partial charge in [0.1, 0.15) is 12.1 Å². The highest BCUT2D eigenvalue weighted by Crippen LogP contribution is 2.52. The molecular weight excluding hydrogens is 395 g/mol. The van der Waals surface area contributed by atoms with Crippen molar-refractivity contribution in [1.82, 2.24) is 14.5 Å². The molecule has 1 N–H and O–H groups in total. The zero-order valence-corrected chi connectivity index (χ0v) is 16.7. The predicted octanol–water partition coefficient (Wildman–Crippen LogP) is 4.14. The van der Waals surface area contributed by atoms with E-state index in [1.165, 1.54) is 0 Å². The number of imidazole rings is 1. The van der Waals surface area contributed by atoms with E-state index in [1.807, 2.05) is 4.90 Å². The van der Waals surface area contributed by atoms with Gasteiger partial charge >= 0.3 is 6.18 Å². The Bertz CT molecular complexity index is 968. The number of fused-ring (bicyclic) bond motifs is 2. The Morgan fingerprint density at radius 1 is 1.20 bits per heavy atom. The van der Waals surface area contributed by atoms with E-state index in [0.29, 0.717) is 35.5 Å². The number of amides is 1. The maximum Gasteiger partial charge on any atom is 0.406 e. The van der Waals surface area contributed by atoms with Crippen molar-refractivity contribution in [2.75, 3.05) is 6.54 Å². The van der Waals surface area contributed by atoms with Crippen molar-refractivity contribution in [2.45, 2.75) is 69.3 Å². The van der Waals surface area contributed by atoms with Crippen LogP contribution in [0.15, 0.2) is 24.5 Å². The summed E-state index contributed by atoms with van der Waals surface area (Å²) in [4.78, 5) is 19.5. The molecule has 3 atom stereocenters. The number of alkyl halides is 3. The standard InChI is InChI=1S/C22H26F3N3O2/c23-22(24,25)12-27-13-26-19-15(4-3-7-18(19)27)20(29)28-11-10-21(30,14-8-9-14)16-5-1-2-6-17(16)28/h3-4,7,13-14,16-17,30H,1-2,5-6,8-12H2/t16-,17+,21?/m1/s1. The van der Waals surface area contributed by atoms with Crippen LogP contribution in [0.4, 0.5) is 13.2 Å². The zero-order chi connectivity index (χ0) is 21.1. The van der Waals surface area contributed by atoms with E-state index < -0.39 is 18.3 Å². The van der Waals surface area contributed by atoms with Crippen LogP contribution in [0, 0.1) is 11.8 Å². The number of hydrogen-bond donors (Lipinski definition) is 1. The molecule has 1 aliphatic heterocycles. The van der Waals surface area contributed by atoms with Crippen LogP contribution in [0.5, 0.6) is 0 Å². The summed E-state index contributed by atoms with van der Waals surface area (Å²) in [5.41, 5.74) is 0.281. The molecule has 3 aliphatic rings. The second kappa shape index (κ2) is 6.97. The lowest BCUT2D eigenvalue weighted by molar-refractivity contribution is -0.140. The summed E-state index contributed by atoms with van der Waals surface area (Å²) in [6, 6.07) is 4.82. The maximum atomic E-state index is 13.5. The molecule has 0 radical (unpaired) electrons. The first kappa shape index (κ1) is 19.8. The lowest BCUT2D eigenvalue weighted by atomic mass is 9.67. The molecule has 5 rings (SSSR count). The summed E-state index contributed by atoms with van der Waals surface area (Å²) < 4.78 is 39.7. The second-order valence-corrected chi connectivity index (χ2v) is 9.13. The van der Waals surface area contributed by atoms with Gasteiger partial charge in [-0.1, -0.05) is 18.9 Å². The van der Waals surface area contributed by atoms with Crippen LogP contribution >= 0.6 is 0 Å². The van der Waals surface area contributed by atoms with Crippen molar-refractivity contribution in [3.8, 4) is 0 Å². The molecule has 0 spiro atoms. The molecule has 2 saturated carbocycles. The van der Waals surface area contributed by atoms with Gasteiger partial charge in [-0.3, -0.25) is 4.79 Å². The van der Waals surface area contributed by atoms with Crippen molar-refractivity contribution in [1.29, 1.82) is 0 Å². The number of piperidine rings is 1. The Kier molecular flexibility index (Phi) is 4.61. The number of para-hydroxylation sites is 1. The zero-order valence-electron chi connectivity index (χ0n) is 16.7. The van der Waals surface area contributed by atoms with E-state index in [9.17, 15) is 23.1 Å². The summed E-state index contributed by atoms with van der Waals surface area (Å²) in [7, 11) is 0. The largest absolute Gasteiger partial charge is 0.406 e. The molecule has 3 fully saturated rings. The van der Waals surface area contributed by atoms with E-state index in [2.05, 4.69) is 4.98 Å². The van der Waals surface area contributed by atoms with Crippen LogP contribution in [0.1, 0.15) is 55.3 Å². The van der Waals surface area contributed by atoms with E-state index >= 15 is 0 Å². The third kappa shape index (κ3) is 3.29. The van der Waals surface area contributed by atoms with Gasteiger partial charge in [0.05, 0.1) is 23.0 Å². The molecule has 30 heavy (non-hydrogen) atoms. The van der Waals surface area contributed by atoms with E-state index in [-0.39, 0.29) is 17.9 Å². The molecule has 5 nitrogen and oxygen atoms in total. The van der Waals surface area contributed by atoms with E-state index in [1.54, 1.807) is 18.2 Å². The van der Waals surface area contributed by atoms with Gasteiger partial charge in [-0.05, 0) is 50.2 Å². The van der Waals surface area contributed by atoms with Crippen LogP contribution in [-0.2, 0) is 6.54 Å². The first-order valence-corrected chi connectivity index (χ1v) is 10.8. The Labute approximate surface area is 172 Å². The molecule has 0 bridgehead atoms. The van der Waals surface area contributed by atoms with E-state index in [4.69, 9.17) is 0 Å². The number of carbonyl (C=O) groups excluding carboxylic acids is 1. The van der Waals surface area contributed by atoms with Gasteiger partial charge in [-0.25, -0.2) is 4.98 Å². The van der Waals surface area contributed by atoms with Crippen molar-refractivity contribution in [3.05, 3.63) is 30.1 Å². The van der Waals surface area contributed by atoms with Crippen molar-refractivity contribution in [3.63, 3.8) is 0 Å². The SMILES string of the molecule is O=C(c1cccc2c1ncn2CC(F)(F)F)N1CCC(O)(C2CC2)[C@@H]2CCCC[C@@H]21. The van der Waals surface area contributed by atoms with Crippen LogP contribution in [0.3, 0.4) is 0 Å². The highest BCUT2D eigenvalue weighted by atomic mass is 19.4.